The Bertz CT molecular complexity index is 429. The summed E-state index contributed by atoms with van der Waals surface area (Å²) in [5, 5.41) is 0. The van der Waals surface area contributed by atoms with E-state index in [-0.39, 0.29) is 12.4 Å². The third-order valence-corrected chi connectivity index (χ3v) is 3.15. The molecule has 2 unspecified atom stereocenters. The van der Waals surface area contributed by atoms with Gasteiger partial charge in [-0.05, 0) is 32.9 Å². The number of aldehydes is 1. The highest BCUT2D eigenvalue weighted by Gasteiger charge is 2.37. The first-order valence-electron chi connectivity index (χ1n) is 6.35. The predicted octanol–water partition coefficient (Wildman–Crippen LogP) is 2.47. The van der Waals surface area contributed by atoms with Crippen molar-refractivity contribution >= 4 is 12.0 Å². The molecule has 1 saturated heterocycles. The summed E-state index contributed by atoms with van der Waals surface area (Å²) in [6.07, 6.45) is 0.714. The number of anilines is 1. The lowest BCUT2D eigenvalue weighted by Gasteiger charge is -2.22. The lowest BCUT2D eigenvalue weighted by Crippen LogP contribution is -2.21. The van der Waals surface area contributed by atoms with Crippen LogP contribution >= 0.6 is 0 Å². The number of nitrogens with zero attached hydrogens (tertiary/aromatic N) is 1. The lowest BCUT2D eigenvalue weighted by atomic mass is 10.2. The van der Waals surface area contributed by atoms with Gasteiger partial charge in [0, 0.05) is 24.8 Å². The second-order valence-electron chi connectivity index (χ2n) is 4.34. The fourth-order valence-corrected chi connectivity index (χ4v) is 1.92. The van der Waals surface area contributed by atoms with E-state index >= 15 is 0 Å². The maximum atomic E-state index is 11.0. The minimum absolute atomic E-state index is 0.113. The Labute approximate surface area is 107 Å². The number of epoxide rings is 1. The Kier molecular flexibility index (Phi) is 3.87. The molecule has 1 aromatic rings. The largest absolute Gasteiger partial charge is 0.461 e. The number of hydrogen-bond acceptors (Lipinski definition) is 4. The number of ether oxygens (including phenoxy) is 2. The molecule has 0 spiro atoms. The van der Waals surface area contributed by atoms with Crippen LogP contribution in [0.25, 0.3) is 0 Å². The van der Waals surface area contributed by atoms with Crippen molar-refractivity contribution in [2.45, 2.75) is 33.2 Å². The molecule has 0 saturated carbocycles. The fraction of sp³-hybridized carbons (Fsp3) is 0.500. The normalized spacial score (nSPS) is 21.5. The van der Waals surface area contributed by atoms with Crippen LogP contribution in [0.2, 0.25) is 0 Å². The molecule has 0 aliphatic carbocycles. The van der Waals surface area contributed by atoms with Gasteiger partial charge in [-0.15, -0.1) is 0 Å². The van der Waals surface area contributed by atoms with Gasteiger partial charge < -0.3 is 14.4 Å². The first-order chi connectivity index (χ1) is 8.69. The molecular weight excluding hydrogens is 230 g/mol. The van der Waals surface area contributed by atoms with Crippen LogP contribution in [0.5, 0.6) is 5.75 Å². The van der Waals surface area contributed by atoms with Crippen molar-refractivity contribution in [1.82, 2.24) is 0 Å². The molecule has 2 rings (SSSR count). The second kappa shape index (κ2) is 5.40. The summed E-state index contributed by atoms with van der Waals surface area (Å²) in [5.41, 5.74) is 1.63. The maximum Gasteiger partial charge on any atom is 0.226 e. The minimum atomic E-state index is -0.212. The van der Waals surface area contributed by atoms with E-state index < -0.39 is 0 Å². The molecule has 4 heteroatoms. The van der Waals surface area contributed by atoms with Crippen molar-refractivity contribution < 1.29 is 14.3 Å². The van der Waals surface area contributed by atoms with Gasteiger partial charge in [-0.1, -0.05) is 0 Å². The van der Waals surface area contributed by atoms with E-state index in [4.69, 9.17) is 9.47 Å². The number of hydrogen-bond donors (Lipinski definition) is 0. The molecule has 1 aromatic carbocycles. The van der Waals surface area contributed by atoms with Crippen LogP contribution < -0.4 is 9.64 Å². The van der Waals surface area contributed by atoms with Gasteiger partial charge in [0.25, 0.3) is 0 Å². The number of rotatable bonds is 6. The Morgan fingerprint density at radius 1 is 1.39 bits per heavy atom. The third-order valence-electron chi connectivity index (χ3n) is 3.15. The molecule has 0 N–H and O–H groups in total. The van der Waals surface area contributed by atoms with E-state index in [1.54, 1.807) is 6.07 Å². The molecule has 4 nitrogen and oxygen atoms in total. The van der Waals surface area contributed by atoms with Crippen molar-refractivity contribution in [2.75, 3.05) is 18.0 Å². The molecule has 0 radical (unpaired) electrons. The lowest BCUT2D eigenvalue weighted by molar-refractivity contribution is 0.111. The van der Waals surface area contributed by atoms with Gasteiger partial charge in [0.15, 0.2) is 6.29 Å². The van der Waals surface area contributed by atoms with Crippen LogP contribution in [0, 0.1) is 0 Å². The van der Waals surface area contributed by atoms with Crippen molar-refractivity contribution in [2.24, 2.45) is 0 Å². The van der Waals surface area contributed by atoms with Crippen molar-refractivity contribution in [3.63, 3.8) is 0 Å². The maximum absolute atomic E-state index is 11.0. The fourth-order valence-electron chi connectivity index (χ4n) is 1.92. The van der Waals surface area contributed by atoms with Crippen molar-refractivity contribution in [3.05, 3.63) is 23.8 Å². The van der Waals surface area contributed by atoms with Gasteiger partial charge in [0.1, 0.15) is 11.9 Å². The van der Waals surface area contributed by atoms with E-state index in [0.29, 0.717) is 11.3 Å². The standard InChI is InChI=1S/C14H19NO3/c1-4-15(5-2)12-7-6-11(9-16)13(8-12)18-14-10(3)17-14/h6-10,14H,4-5H2,1-3H3. The Morgan fingerprint density at radius 2 is 2.06 bits per heavy atom. The van der Waals surface area contributed by atoms with Crippen molar-refractivity contribution in [3.8, 4) is 5.75 Å². The van der Waals surface area contributed by atoms with E-state index in [0.717, 1.165) is 25.1 Å². The Balaban J connectivity index is 2.23. The second-order valence-corrected chi connectivity index (χ2v) is 4.34. The van der Waals surface area contributed by atoms with Gasteiger partial charge >= 0.3 is 0 Å². The summed E-state index contributed by atoms with van der Waals surface area (Å²) in [4.78, 5) is 13.2. The van der Waals surface area contributed by atoms with Gasteiger partial charge in [0.2, 0.25) is 6.29 Å². The van der Waals surface area contributed by atoms with E-state index in [9.17, 15) is 4.79 Å². The monoisotopic (exact) mass is 249 g/mol. The van der Waals surface area contributed by atoms with Crippen LogP contribution in [0.4, 0.5) is 5.69 Å². The molecule has 1 heterocycles. The van der Waals surface area contributed by atoms with Crippen molar-refractivity contribution in [1.29, 1.82) is 0 Å². The van der Waals surface area contributed by atoms with E-state index in [1.807, 2.05) is 19.1 Å². The number of carbonyl (C=O) groups is 1. The molecule has 2 atom stereocenters. The highest BCUT2D eigenvalue weighted by atomic mass is 16.8. The van der Waals surface area contributed by atoms with Crippen LogP contribution in [0.1, 0.15) is 31.1 Å². The smallest absolute Gasteiger partial charge is 0.226 e. The highest BCUT2D eigenvalue weighted by Crippen LogP contribution is 2.30. The Morgan fingerprint density at radius 3 is 2.56 bits per heavy atom. The molecule has 18 heavy (non-hydrogen) atoms. The summed E-state index contributed by atoms with van der Waals surface area (Å²) in [6, 6.07) is 5.65. The van der Waals surface area contributed by atoms with Crippen LogP contribution in [0.3, 0.4) is 0 Å². The summed E-state index contributed by atoms with van der Waals surface area (Å²) in [6.45, 7) is 7.99. The molecule has 98 valence electrons. The number of carbonyl (C=O) groups excluding carboxylic acids is 1. The summed E-state index contributed by atoms with van der Waals surface area (Å²) < 4.78 is 10.9. The minimum Gasteiger partial charge on any atom is -0.461 e. The molecule has 0 bridgehead atoms. The van der Waals surface area contributed by atoms with Gasteiger partial charge in [0.05, 0.1) is 5.56 Å². The third kappa shape index (κ3) is 2.64. The zero-order valence-corrected chi connectivity index (χ0v) is 11.1. The van der Waals surface area contributed by atoms with Gasteiger partial charge in [-0.3, -0.25) is 4.79 Å². The van der Waals surface area contributed by atoms with E-state index in [2.05, 4.69) is 18.7 Å². The summed E-state index contributed by atoms with van der Waals surface area (Å²) in [5.74, 6) is 0.601. The molecule has 0 amide bonds. The topological polar surface area (TPSA) is 42.1 Å². The first-order valence-corrected chi connectivity index (χ1v) is 6.35. The molecular formula is C14H19NO3. The average molecular weight is 249 g/mol. The average Bonchev–Trinajstić information content (AvgIpc) is 3.07. The van der Waals surface area contributed by atoms with Crippen LogP contribution in [0.15, 0.2) is 18.2 Å². The van der Waals surface area contributed by atoms with Crippen LogP contribution in [-0.4, -0.2) is 31.8 Å². The van der Waals surface area contributed by atoms with E-state index in [1.165, 1.54) is 0 Å². The zero-order chi connectivity index (χ0) is 13.1. The zero-order valence-electron chi connectivity index (χ0n) is 11.1. The molecule has 0 aromatic heterocycles. The molecule has 1 fully saturated rings. The van der Waals surface area contributed by atoms with Gasteiger partial charge in [-0.25, -0.2) is 0 Å². The highest BCUT2D eigenvalue weighted by molar-refractivity contribution is 5.80. The predicted molar refractivity (Wildman–Crippen MR) is 70.4 cm³/mol. The molecule has 1 aliphatic heterocycles. The first kappa shape index (κ1) is 12.9. The Hall–Kier alpha value is -1.55. The summed E-state index contributed by atoms with van der Waals surface area (Å²) in [7, 11) is 0. The quantitative estimate of drug-likeness (QED) is 0.573. The molecule has 1 aliphatic rings. The number of benzene rings is 1. The van der Waals surface area contributed by atoms with Crippen LogP contribution in [-0.2, 0) is 4.74 Å². The SMILES string of the molecule is CCN(CC)c1ccc(C=O)c(OC2OC2C)c1. The summed E-state index contributed by atoms with van der Waals surface area (Å²) >= 11 is 0. The van der Waals surface area contributed by atoms with Gasteiger partial charge in [-0.2, -0.15) is 0 Å².